The molecule has 0 spiro atoms. The second kappa shape index (κ2) is 13.3. The first-order valence-corrected chi connectivity index (χ1v) is 18.0. The summed E-state index contributed by atoms with van der Waals surface area (Å²) in [4.78, 5) is 59.8. The predicted molar refractivity (Wildman–Crippen MR) is 197 cm³/mol. The average molecular weight is 699 g/mol. The number of aryl methyl sites for hydroxylation is 2. The van der Waals surface area contributed by atoms with E-state index in [4.69, 9.17) is 0 Å². The molecule has 4 aliphatic heterocycles. The minimum absolute atomic E-state index is 0.0824. The minimum atomic E-state index is -0.652. The zero-order chi connectivity index (χ0) is 36.3. The number of aliphatic hydroxyl groups excluding tert-OH is 2. The number of carbonyl (C=O) groups excluding carboxylic acids is 4. The summed E-state index contributed by atoms with van der Waals surface area (Å²) in [5, 5.41) is 19.9. The predicted octanol–water partition coefficient (Wildman–Crippen LogP) is 4.56. The van der Waals surface area contributed by atoms with E-state index in [9.17, 15) is 29.4 Å². The summed E-state index contributed by atoms with van der Waals surface area (Å²) in [6.45, 7) is 6.24. The van der Waals surface area contributed by atoms with E-state index in [1.54, 1.807) is 9.80 Å². The Morgan fingerprint density at radius 3 is 1.44 bits per heavy atom. The summed E-state index contributed by atoms with van der Waals surface area (Å²) in [5.74, 6) is -0.331. The van der Waals surface area contributed by atoms with Crippen LogP contribution in [0.25, 0.3) is 11.1 Å². The maximum absolute atomic E-state index is 14.1. The molecule has 0 saturated carbocycles. The van der Waals surface area contributed by atoms with Crippen LogP contribution in [0.5, 0.6) is 0 Å². The molecule has 4 amide bonds. The Kier molecular flexibility index (Phi) is 8.67. The number of hydrogen-bond donors (Lipinski definition) is 2. The quantitative estimate of drug-likeness (QED) is 0.292. The van der Waals surface area contributed by atoms with Crippen molar-refractivity contribution in [2.45, 2.75) is 64.8 Å². The standard InChI is InChI=1S/C42H42N4O6/c1-25-9-11-27(21-43-23-29(47)19-39(43)49)17-35(25)41(51)45-15-13-33-31(5-3-7-37(33)45)32-6-4-8-38-34(32)14-16-46(38)42(52)36-18-28(12-10-26(36)2)22-44-24-30(48)20-40(44)50/h3-12,17-18,29-30,47-48H,13-16,19-24H2,1-2H3/t29-,30+. The van der Waals surface area contributed by atoms with Gasteiger partial charge in [0.1, 0.15) is 0 Å². The van der Waals surface area contributed by atoms with E-state index < -0.39 is 12.2 Å². The highest BCUT2D eigenvalue weighted by atomic mass is 16.3. The van der Waals surface area contributed by atoms with Crippen LogP contribution in [0.3, 0.4) is 0 Å². The van der Waals surface area contributed by atoms with Crippen molar-refractivity contribution < 1.29 is 29.4 Å². The van der Waals surface area contributed by atoms with Crippen LogP contribution in [0.4, 0.5) is 11.4 Å². The molecule has 2 atom stereocenters. The lowest BCUT2D eigenvalue weighted by Gasteiger charge is -2.22. The molecule has 2 fully saturated rings. The van der Waals surface area contributed by atoms with Crippen LogP contribution in [-0.2, 0) is 35.5 Å². The van der Waals surface area contributed by atoms with Gasteiger partial charge in [0.25, 0.3) is 11.8 Å². The topological polar surface area (TPSA) is 122 Å². The summed E-state index contributed by atoms with van der Waals surface area (Å²) >= 11 is 0. The van der Waals surface area contributed by atoms with Crippen molar-refractivity contribution in [2.24, 2.45) is 0 Å². The Labute approximate surface area is 302 Å². The largest absolute Gasteiger partial charge is 0.391 e. The number of β-amino-alcohol motifs (C(OH)–C–C–N with tert-alkyl or cyclic N) is 2. The summed E-state index contributed by atoms with van der Waals surface area (Å²) in [6, 6.07) is 23.6. The van der Waals surface area contributed by atoms with Gasteiger partial charge >= 0.3 is 0 Å². The zero-order valence-electron chi connectivity index (χ0n) is 29.5. The Morgan fingerprint density at radius 2 is 1.06 bits per heavy atom. The first kappa shape index (κ1) is 33.8. The summed E-state index contributed by atoms with van der Waals surface area (Å²) in [6.07, 6.45) is 0.359. The van der Waals surface area contributed by atoms with Crippen LogP contribution in [0.15, 0.2) is 72.8 Å². The van der Waals surface area contributed by atoms with Crippen molar-refractivity contribution in [2.75, 3.05) is 36.0 Å². The van der Waals surface area contributed by atoms with Crippen LogP contribution in [0.1, 0.15) is 66.9 Å². The van der Waals surface area contributed by atoms with E-state index in [1.165, 1.54) is 0 Å². The Balaban J connectivity index is 1.05. The van der Waals surface area contributed by atoms with Crippen molar-refractivity contribution >= 4 is 35.0 Å². The Morgan fingerprint density at radius 1 is 0.635 bits per heavy atom. The fourth-order valence-corrected chi connectivity index (χ4v) is 8.33. The smallest absolute Gasteiger partial charge is 0.258 e. The fourth-order valence-electron chi connectivity index (χ4n) is 8.33. The van der Waals surface area contributed by atoms with Gasteiger partial charge in [-0.05, 0) is 95.5 Å². The normalized spacial score (nSPS) is 19.5. The molecule has 0 aromatic heterocycles. The van der Waals surface area contributed by atoms with E-state index in [2.05, 4.69) is 12.1 Å². The molecule has 266 valence electrons. The Hall–Kier alpha value is -5.32. The number of nitrogens with zero attached hydrogens (tertiary/aromatic N) is 4. The average Bonchev–Trinajstić information content (AvgIpc) is 3.90. The maximum atomic E-state index is 14.1. The number of amides is 4. The summed E-state index contributed by atoms with van der Waals surface area (Å²) < 4.78 is 0. The first-order chi connectivity index (χ1) is 25.0. The number of fused-ring (bicyclic) bond motifs is 2. The molecule has 4 aromatic carbocycles. The minimum Gasteiger partial charge on any atom is -0.391 e. The molecular formula is C42H42N4O6. The zero-order valence-corrected chi connectivity index (χ0v) is 29.5. The van der Waals surface area contributed by atoms with Crippen molar-refractivity contribution in [3.8, 4) is 11.1 Å². The van der Waals surface area contributed by atoms with Crippen molar-refractivity contribution in [1.29, 1.82) is 0 Å². The van der Waals surface area contributed by atoms with Gasteiger partial charge in [-0.15, -0.1) is 0 Å². The van der Waals surface area contributed by atoms with E-state index in [1.807, 2.05) is 84.3 Å². The number of anilines is 2. The lowest BCUT2D eigenvalue weighted by molar-refractivity contribution is -0.129. The molecule has 4 heterocycles. The molecule has 2 N–H and O–H groups in total. The van der Waals surface area contributed by atoms with E-state index in [0.29, 0.717) is 63.2 Å². The van der Waals surface area contributed by atoms with Crippen molar-refractivity contribution in [1.82, 2.24) is 9.80 Å². The number of likely N-dealkylation sites (tertiary alicyclic amines) is 2. The van der Waals surface area contributed by atoms with Gasteiger partial charge in [-0.1, -0.05) is 48.5 Å². The molecule has 10 nitrogen and oxygen atoms in total. The molecule has 0 radical (unpaired) electrons. The highest BCUT2D eigenvalue weighted by Crippen LogP contribution is 2.42. The number of carbonyl (C=O) groups is 4. The van der Waals surface area contributed by atoms with Gasteiger partial charge in [-0.3, -0.25) is 19.2 Å². The highest BCUT2D eigenvalue weighted by molar-refractivity contribution is 6.10. The van der Waals surface area contributed by atoms with Gasteiger partial charge in [0.05, 0.1) is 25.0 Å². The van der Waals surface area contributed by atoms with Crippen LogP contribution < -0.4 is 9.80 Å². The molecule has 8 rings (SSSR count). The SMILES string of the molecule is Cc1ccc(CN2C[C@H](O)CC2=O)cc1C(=O)N1CCc2c(-c3cccc4c3CCN4C(=O)c3cc(CN4C[C@@H](O)CC4=O)ccc3C)cccc21. The number of benzene rings is 4. The molecule has 0 aliphatic carbocycles. The van der Waals surface area contributed by atoms with Crippen LogP contribution in [0.2, 0.25) is 0 Å². The van der Waals surface area contributed by atoms with Crippen LogP contribution in [-0.4, -0.2) is 82.0 Å². The lowest BCUT2D eigenvalue weighted by atomic mass is 9.93. The highest BCUT2D eigenvalue weighted by Gasteiger charge is 2.34. The molecule has 0 bridgehead atoms. The molecular weight excluding hydrogens is 656 g/mol. The van der Waals surface area contributed by atoms with Gasteiger partial charge in [0.2, 0.25) is 11.8 Å². The monoisotopic (exact) mass is 698 g/mol. The maximum Gasteiger partial charge on any atom is 0.258 e. The van der Waals surface area contributed by atoms with Gasteiger partial charge < -0.3 is 29.8 Å². The summed E-state index contributed by atoms with van der Waals surface area (Å²) in [7, 11) is 0. The molecule has 52 heavy (non-hydrogen) atoms. The molecule has 10 heteroatoms. The molecule has 4 aromatic rings. The second-order valence-electron chi connectivity index (χ2n) is 14.6. The first-order valence-electron chi connectivity index (χ1n) is 18.0. The fraction of sp³-hybridized carbons (Fsp3) is 0.333. The third kappa shape index (κ3) is 6.05. The van der Waals surface area contributed by atoms with Crippen LogP contribution in [0, 0.1) is 13.8 Å². The van der Waals surface area contributed by atoms with Gasteiger partial charge in [0.15, 0.2) is 0 Å². The number of aliphatic hydroxyl groups is 2. The van der Waals surface area contributed by atoms with Gasteiger partial charge in [-0.2, -0.15) is 0 Å². The third-order valence-electron chi connectivity index (χ3n) is 11.0. The molecule has 4 aliphatic rings. The van der Waals surface area contributed by atoms with Crippen molar-refractivity contribution in [3.63, 3.8) is 0 Å². The summed E-state index contributed by atoms with van der Waals surface area (Å²) in [5.41, 5.74) is 10.7. The lowest BCUT2D eigenvalue weighted by Crippen LogP contribution is -2.30. The Bertz CT molecular complexity index is 1990. The molecule has 0 unspecified atom stereocenters. The number of rotatable bonds is 7. The van der Waals surface area contributed by atoms with E-state index in [-0.39, 0.29) is 36.5 Å². The second-order valence-corrected chi connectivity index (χ2v) is 14.6. The third-order valence-corrected chi connectivity index (χ3v) is 11.0. The van der Waals surface area contributed by atoms with Gasteiger partial charge in [-0.25, -0.2) is 0 Å². The van der Waals surface area contributed by atoms with E-state index >= 15 is 0 Å². The van der Waals surface area contributed by atoms with Gasteiger partial charge in [0, 0.05) is 61.8 Å². The molecule has 2 saturated heterocycles. The van der Waals surface area contributed by atoms with E-state index in [0.717, 1.165) is 55.9 Å². The van der Waals surface area contributed by atoms with Crippen molar-refractivity contribution in [3.05, 3.63) is 117 Å². The number of hydrogen-bond acceptors (Lipinski definition) is 6. The van der Waals surface area contributed by atoms with Crippen LogP contribution >= 0.6 is 0 Å².